The lowest BCUT2D eigenvalue weighted by Gasteiger charge is -2.19. The number of carbonyl (C=O) groups is 2. The molecule has 1 atom stereocenters. The van der Waals surface area contributed by atoms with E-state index in [2.05, 4.69) is 20.5 Å². The third-order valence-electron chi connectivity index (χ3n) is 5.49. The van der Waals surface area contributed by atoms with E-state index in [0.717, 1.165) is 17.7 Å². The van der Waals surface area contributed by atoms with Crippen LogP contribution in [0.3, 0.4) is 0 Å². The molecule has 0 spiro atoms. The molecule has 0 aliphatic carbocycles. The van der Waals surface area contributed by atoms with Gasteiger partial charge in [0.2, 0.25) is 0 Å². The van der Waals surface area contributed by atoms with Gasteiger partial charge in [-0.25, -0.2) is 9.67 Å². The van der Waals surface area contributed by atoms with Gasteiger partial charge in [-0.3, -0.25) is 14.3 Å². The van der Waals surface area contributed by atoms with Crippen LogP contribution in [0.5, 0.6) is 0 Å². The summed E-state index contributed by atoms with van der Waals surface area (Å²) in [6.07, 6.45) is -1.66. The number of Topliss-reactive ketones (excluding diaryl/α,β-unsaturated/α-hetero) is 1. The van der Waals surface area contributed by atoms with Gasteiger partial charge in [-0.2, -0.15) is 23.4 Å². The lowest BCUT2D eigenvalue weighted by atomic mass is 10.0. The number of hydrogen-bond donors (Lipinski definition) is 1. The monoisotopic (exact) mass is 482 g/mol. The number of aryl methyl sites for hydroxylation is 1. The molecule has 0 saturated heterocycles. The van der Waals surface area contributed by atoms with E-state index in [0.29, 0.717) is 0 Å². The molecule has 1 unspecified atom stereocenters. The van der Waals surface area contributed by atoms with Crippen molar-refractivity contribution >= 4 is 11.7 Å². The highest BCUT2D eigenvalue weighted by Gasteiger charge is 2.31. The first kappa shape index (κ1) is 23.9. The molecule has 35 heavy (non-hydrogen) atoms. The molecule has 1 amide bonds. The molecule has 4 rings (SSSR count). The first-order valence-corrected chi connectivity index (χ1v) is 10.6. The van der Waals surface area contributed by atoms with Crippen molar-refractivity contribution in [1.29, 1.82) is 0 Å². The fourth-order valence-electron chi connectivity index (χ4n) is 3.81. The van der Waals surface area contributed by atoms with Crippen LogP contribution in [0.1, 0.15) is 38.9 Å². The Bertz CT molecular complexity index is 1350. The number of nitrogens with zero attached hydrogens (tertiary/aromatic N) is 5. The number of amides is 1. The third-order valence-corrected chi connectivity index (χ3v) is 5.49. The molecule has 0 bridgehead atoms. The lowest BCUT2D eigenvalue weighted by molar-refractivity contribution is -0.137. The molecular weight excluding hydrogens is 461 g/mol. The lowest BCUT2D eigenvalue weighted by Crippen LogP contribution is -2.36. The topological polar surface area (TPSA) is 94.7 Å². The number of halogens is 3. The smallest absolute Gasteiger partial charge is 0.340 e. The fourth-order valence-corrected chi connectivity index (χ4v) is 3.81. The van der Waals surface area contributed by atoms with Gasteiger partial charge in [-0.05, 0) is 37.6 Å². The number of rotatable bonds is 7. The highest BCUT2D eigenvalue weighted by Crippen LogP contribution is 2.31. The van der Waals surface area contributed by atoms with Crippen LogP contribution in [0, 0.1) is 13.8 Å². The van der Waals surface area contributed by atoms with Gasteiger partial charge in [-0.1, -0.05) is 36.4 Å². The zero-order valence-corrected chi connectivity index (χ0v) is 18.8. The number of hydrogen-bond acceptors (Lipinski definition) is 5. The van der Waals surface area contributed by atoms with Crippen molar-refractivity contribution in [1.82, 2.24) is 29.9 Å². The molecule has 11 heteroatoms. The first-order chi connectivity index (χ1) is 16.6. The van der Waals surface area contributed by atoms with Crippen LogP contribution in [0.2, 0.25) is 0 Å². The zero-order chi connectivity index (χ0) is 25.2. The minimum absolute atomic E-state index is 0.0347. The Kier molecular flexibility index (Phi) is 6.50. The predicted octanol–water partition coefficient (Wildman–Crippen LogP) is 3.84. The van der Waals surface area contributed by atoms with Crippen LogP contribution in [0.25, 0.3) is 5.69 Å². The van der Waals surface area contributed by atoms with E-state index in [1.165, 1.54) is 48.0 Å². The maximum atomic E-state index is 13.2. The minimum atomic E-state index is -4.53. The Morgan fingerprint density at radius 1 is 1.06 bits per heavy atom. The van der Waals surface area contributed by atoms with Crippen LogP contribution >= 0.6 is 0 Å². The highest BCUT2D eigenvalue weighted by atomic mass is 19.4. The van der Waals surface area contributed by atoms with E-state index in [1.807, 2.05) is 30.3 Å². The Hall–Kier alpha value is -4.28. The molecule has 0 saturated carbocycles. The Morgan fingerprint density at radius 2 is 1.80 bits per heavy atom. The average molecular weight is 482 g/mol. The molecule has 2 aromatic heterocycles. The second kappa shape index (κ2) is 9.53. The summed E-state index contributed by atoms with van der Waals surface area (Å²) in [6.45, 7) is 3.30. The number of nitrogens with one attached hydrogen (secondary N) is 1. The molecule has 2 aromatic carbocycles. The minimum Gasteiger partial charge on any atom is -0.340 e. The number of ketones is 1. The second-order valence-corrected chi connectivity index (χ2v) is 7.89. The summed E-state index contributed by atoms with van der Waals surface area (Å²) >= 11 is 0. The van der Waals surface area contributed by atoms with Gasteiger partial charge in [0, 0.05) is 0 Å². The molecule has 1 N–H and O–H groups in total. The highest BCUT2D eigenvalue weighted by molar-refractivity contribution is 6.43. The first-order valence-electron chi connectivity index (χ1n) is 10.6. The summed E-state index contributed by atoms with van der Waals surface area (Å²) in [4.78, 5) is 30.0. The van der Waals surface area contributed by atoms with Crippen molar-refractivity contribution in [2.45, 2.75) is 32.6 Å². The Labute approximate surface area is 198 Å². The van der Waals surface area contributed by atoms with E-state index in [9.17, 15) is 22.8 Å². The maximum Gasteiger partial charge on any atom is 0.416 e. The standard InChI is InChI=1S/C24H21F3N6O2/c1-15-21(16(2)33(31-15)19-10-6-9-18(11-19)24(25,26)27)22(34)23(35)30-20(12-32-14-28-13-29-32)17-7-4-3-5-8-17/h3-11,13-14,20H,12H2,1-2H3,(H,30,35). The molecule has 0 aliphatic rings. The number of benzene rings is 2. The number of alkyl halides is 3. The average Bonchev–Trinajstić information content (AvgIpc) is 3.45. The summed E-state index contributed by atoms with van der Waals surface area (Å²) in [6, 6.07) is 13.1. The molecule has 0 fully saturated rings. The van der Waals surface area contributed by atoms with Crippen molar-refractivity contribution < 1.29 is 22.8 Å². The number of carbonyl (C=O) groups excluding carboxylic acids is 2. The van der Waals surface area contributed by atoms with Crippen molar-refractivity contribution in [3.8, 4) is 5.69 Å². The van der Waals surface area contributed by atoms with E-state index < -0.39 is 29.5 Å². The van der Waals surface area contributed by atoms with Gasteiger partial charge in [0.25, 0.3) is 11.7 Å². The maximum absolute atomic E-state index is 13.2. The largest absolute Gasteiger partial charge is 0.416 e. The fraction of sp³-hybridized carbons (Fsp3) is 0.208. The van der Waals surface area contributed by atoms with Crippen LogP contribution in [0.15, 0.2) is 67.3 Å². The molecule has 8 nitrogen and oxygen atoms in total. The van der Waals surface area contributed by atoms with E-state index in [4.69, 9.17) is 0 Å². The molecule has 4 aromatic rings. The second-order valence-electron chi connectivity index (χ2n) is 7.89. The van der Waals surface area contributed by atoms with Gasteiger partial charge in [-0.15, -0.1) is 0 Å². The van der Waals surface area contributed by atoms with Gasteiger partial charge in [0.15, 0.2) is 0 Å². The summed E-state index contributed by atoms with van der Waals surface area (Å²) in [5.74, 6) is -1.70. The van der Waals surface area contributed by atoms with Crippen molar-refractivity contribution in [3.63, 3.8) is 0 Å². The predicted molar refractivity (Wildman–Crippen MR) is 120 cm³/mol. The Balaban J connectivity index is 1.61. The number of aromatic nitrogens is 5. The normalized spacial score (nSPS) is 12.4. The summed E-state index contributed by atoms with van der Waals surface area (Å²) in [5.41, 5.74) is 0.576. The molecule has 180 valence electrons. The molecule has 0 radical (unpaired) electrons. The van der Waals surface area contributed by atoms with Crippen molar-refractivity contribution in [3.05, 3.63) is 95.3 Å². The quantitative estimate of drug-likeness (QED) is 0.319. The zero-order valence-electron chi connectivity index (χ0n) is 18.8. The molecule has 2 heterocycles. The SMILES string of the molecule is Cc1nn(-c2cccc(C(F)(F)F)c2)c(C)c1C(=O)C(=O)NC(Cn1cncn1)c1ccccc1. The molecular formula is C24H21F3N6O2. The molecule has 0 aliphatic heterocycles. The van der Waals surface area contributed by atoms with Crippen molar-refractivity contribution in [2.75, 3.05) is 0 Å². The van der Waals surface area contributed by atoms with Crippen LogP contribution in [-0.2, 0) is 17.5 Å². The van der Waals surface area contributed by atoms with Crippen LogP contribution in [0.4, 0.5) is 13.2 Å². The third kappa shape index (κ3) is 5.13. The van der Waals surface area contributed by atoms with Gasteiger partial charge in [0.05, 0.1) is 40.8 Å². The van der Waals surface area contributed by atoms with Crippen LogP contribution < -0.4 is 5.32 Å². The van der Waals surface area contributed by atoms with Crippen molar-refractivity contribution in [2.24, 2.45) is 0 Å². The van der Waals surface area contributed by atoms with Crippen LogP contribution in [-0.4, -0.2) is 36.2 Å². The Morgan fingerprint density at radius 3 is 2.46 bits per heavy atom. The summed E-state index contributed by atoms with van der Waals surface area (Å²) in [7, 11) is 0. The van der Waals surface area contributed by atoms with Gasteiger partial charge in [0.1, 0.15) is 12.7 Å². The van der Waals surface area contributed by atoms with E-state index >= 15 is 0 Å². The van der Waals surface area contributed by atoms with E-state index in [-0.39, 0.29) is 29.2 Å². The van der Waals surface area contributed by atoms with Gasteiger partial charge >= 0.3 is 6.18 Å². The summed E-state index contributed by atoms with van der Waals surface area (Å²) in [5, 5.41) is 11.0. The van der Waals surface area contributed by atoms with E-state index in [1.54, 1.807) is 0 Å². The van der Waals surface area contributed by atoms with Gasteiger partial charge < -0.3 is 5.32 Å². The summed E-state index contributed by atoms with van der Waals surface area (Å²) < 4.78 is 42.2.